The summed E-state index contributed by atoms with van der Waals surface area (Å²) in [6.45, 7) is 4.76. The van der Waals surface area contributed by atoms with E-state index >= 15 is 0 Å². The van der Waals surface area contributed by atoms with Crippen LogP contribution >= 0.6 is 39.1 Å². The average Bonchev–Trinajstić information content (AvgIpc) is 2.49. The molecule has 0 saturated heterocycles. The Morgan fingerprint density at radius 2 is 1.96 bits per heavy atom. The zero-order chi connectivity index (χ0) is 17.0. The van der Waals surface area contributed by atoms with E-state index < -0.39 is 0 Å². The van der Waals surface area contributed by atoms with Crippen LogP contribution in [0.25, 0.3) is 0 Å². The van der Waals surface area contributed by atoms with Crippen molar-refractivity contribution in [2.24, 2.45) is 5.92 Å². The van der Waals surface area contributed by atoms with Gasteiger partial charge in [-0.25, -0.2) is 0 Å². The number of hydrogen-bond donors (Lipinski definition) is 1. The van der Waals surface area contributed by atoms with Crippen LogP contribution in [0.15, 0.2) is 40.9 Å². The molecule has 1 N–H and O–H groups in total. The Labute approximate surface area is 154 Å². The summed E-state index contributed by atoms with van der Waals surface area (Å²) in [7, 11) is 0. The molecule has 0 fully saturated rings. The summed E-state index contributed by atoms with van der Waals surface area (Å²) in [5.41, 5.74) is 0.963. The van der Waals surface area contributed by atoms with Crippen molar-refractivity contribution in [2.75, 3.05) is 11.9 Å². The van der Waals surface area contributed by atoms with E-state index in [4.69, 9.17) is 27.9 Å². The lowest BCUT2D eigenvalue weighted by molar-refractivity contribution is 0.102. The minimum atomic E-state index is -0.273. The predicted octanol–water partition coefficient (Wildman–Crippen LogP) is 6.04. The van der Waals surface area contributed by atoms with Gasteiger partial charge in [0.05, 0.1) is 21.8 Å². The summed E-state index contributed by atoms with van der Waals surface area (Å²) < 4.78 is 6.39. The highest BCUT2D eigenvalue weighted by Gasteiger charge is 2.12. The molecule has 6 heteroatoms. The topological polar surface area (TPSA) is 38.3 Å². The number of hydrogen-bond acceptors (Lipinski definition) is 2. The Hall–Kier alpha value is -1.23. The van der Waals surface area contributed by atoms with Gasteiger partial charge in [-0.2, -0.15) is 0 Å². The highest BCUT2D eigenvalue weighted by atomic mass is 79.9. The largest absolute Gasteiger partial charge is 0.492 e. The van der Waals surface area contributed by atoms with Gasteiger partial charge in [0.25, 0.3) is 5.91 Å². The maximum atomic E-state index is 12.3. The molecule has 0 aromatic heterocycles. The summed E-state index contributed by atoms with van der Waals surface area (Å²) in [6.07, 6.45) is 0. The molecule has 0 aliphatic heterocycles. The minimum Gasteiger partial charge on any atom is -0.492 e. The molecule has 0 atom stereocenters. The Kier molecular flexibility index (Phi) is 6.33. The molecule has 0 aliphatic rings. The number of carbonyl (C=O) groups excluding carboxylic acids is 1. The van der Waals surface area contributed by atoms with Crippen molar-refractivity contribution < 1.29 is 9.53 Å². The third-order valence-electron chi connectivity index (χ3n) is 2.94. The summed E-state index contributed by atoms with van der Waals surface area (Å²) in [4.78, 5) is 12.3. The molecule has 0 radical (unpaired) electrons. The van der Waals surface area contributed by atoms with Crippen molar-refractivity contribution in [3.8, 4) is 5.75 Å². The highest BCUT2D eigenvalue weighted by molar-refractivity contribution is 9.10. The number of ether oxygens (including phenoxy) is 1. The van der Waals surface area contributed by atoms with Crippen LogP contribution < -0.4 is 10.1 Å². The quantitative estimate of drug-likeness (QED) is 0.644. The monoisotopic (exact) mass is 415 g/mol. The van der Waals surface area contributed by atoms with E-state index in [1.165, 1.54) is 0 Å². The molecular formula is C17H16BrCl2NO2. The Morgan fingerprint density at radius 1 is 1.22 bits per heavy atom. The average molecular weight is 417 g/mol. The Bertz CT molecular complexity index is 720. The first kappa shape index (κ1) is 18.1. The standard InChI is InChI=1S/C17H16BrCl2NO2/c1-10(2)9-23-16-6-3-11(7-13(16)18)17(22)21-15-8-12(19)4-5-14(15)20/h3-8,10H,9H2,1-2H3,(H,21,22). The Morgan fingerprint density at radius 3 is 2.61 bits per heavy atom. The fraction of sp³-hybridized carbons (Fsp3) is 0.235. The van der Waals surface area contributed by atoms with Crippen molar-refractivity contribution in [1.29, 1.82) is 0 Å². The fourth-order valence-electron chi connectivity index (χ4n) is 1.80. The molecule has 0 unspecified atom stereocenters. The molecule has 0 saturated carbocycles. The summed E-state index contributed by atoms with van der Waals surface area (Å²) >= 11 is 15.4. The van der Waals surface area contributed by atoms with E-state index in [0.29, 0.717) is 39.6 Å². The van der Waals surface area contributed by atoms with Crippen LogP contribution in [0.5, 0.6) is 5.75 Å². The van der Waals surface area contributed by atoms with Gasteiger partial charge >= 0.3 is 0 Å². The van der Waals surface area contributed by atoms with Crippen LogP contribution in [0.3, 0.4) is 0 Å². The summed E-state index contributed by atoms with van der Waals surface area (Å²) in [5, 5.41) is 3.68. The first-order valence-electron chi connectivity index (χ1n) is 7.05. The second kappa shape index (κ2) is 8.04. The molecular weight excluding hydrogens is 401 g/mol. The first-order valence-corrected chi connectivity index (χ1v) is 8.60. The van der Waals surface area contributed by atoms with Gasteiger partial charge in [0.2, 0.25) is 0 Å². The highest BCUT2D eigenvalue weighted by Crippen LogP contribution is 2.29. The van der Waals surface area contributed by atoms with E-state index in [2.05, 4.69) is 35.1 Å². The first-order chi connectivity index (χ1) is 10.9. The number of nitrogens with one attached hydrogen (secondary N) is 1. The molecule has 0 bridgehead atoms. The molecule has 2 rings (SSSR count). The third-order valence-corrected chi connectivity index (χ3v) is 4.13. The van der Waals surface area contributed by atoms with Gasteiger partial charge in [0.15, 0.2) is 0 Å². The second-order valence-corrected chi connectivity index (χ2v) is 7.13. The summed E-state index contributed by atoms with van der Waals surface area (Å²) in [5.74, 6) is 0.858. The molecule has 0 spiro atoms. The van der Waals surface area contributed by atoms with Crippen molar-refractivity contribution in [3.63, 3.8) is 0 Å². The number of benzene rings is 2. The van der Waals surface area contributed by atoms with Gasteiger partial charge in [0, 0.05) is 10.6 Å². The lowest BCUT2D eigenvalue weighted by Crippen LogP contribution is -2.12. The normalized spacial score (nSPS) is 10.7. The van der Waals surface area contributed by atoms with Crippen LogP contribution in [-0.2, 0) is 0 Å². The van der Waals surface area contributed by atoms with E-state index in [0.717, 1.165) is 4.47 Å². The number of amides is 1. The van der Waals surface area contributed by atoms with Gasteiger partial charge in [-0.05, 0) is 58.2 Å². The van der Waals surface area contributed by atoms with Crippen LogP contribution in [0.4, 0.5) is 5.69 Å². The van der Waals surface area contributed by atoms with Crippen molar-refractivity contribution in [1.82, 2.24) is 0 Å². The van der Waals surface area contributed by atoms with Crippen molar-refractivity contribution in [3.05, 3.63) is 56.5 Å². The lowest BCUT2D eigenvalue weighted by atomic mass is 10.2. The maximum absolute atomic E-state index is 12.3. The molecule has 2 aromatic carbocycles. The predicted molar refractivity (Wildman–Crippen MR) is 98.9 cm³/mol. The number of carbonyl (C=O) groups is 1. The third kappa shape index (κ3) is 5.13. The van der Waals surface area contributed by atoms with Crippen molar-refractivity contribution >= 4 is 50.7 Å². The van der Waals surface area contributed by atoms with Gasteiger partial charge < -0.3 is 10.1 Å². The number of rotatable bonds is 5. The van der Waals surface area contributed by atoms with Crippen molar-refractivity contribution in [2.45, 2.75) is 13.8 Å². The van der Waals surface area contributed by atoms with E-state index in [9.17, 15) is 4.79 Å². The zero-order valence-electron chi connectivity index (χ0n) is 12.7. The van der Waals surface area contributed by atoms with E-state index in [-0.39, 0.29) is 5.91 Å². The van der Waals surface area contributed by atoms with Crippen LogP contribution in [-0.4, -0.2) is 12.5 Å². The van der Waals surface area contributed by atoms with Crippen LogP contribution in [0.1, 0.15) is 24.2 Å². The smallest absolute Gasteiger partial charge is 0.255 e. The van der Waals surface area contributed by atoms with E-state index in [1.807, 2.05) is 0 Å². The van der Waals surface area contributed by atoms with Crippen LogP contribution in [0.2, 0.25) is 10.0 Å². The molecule has 0 heterocycles. The lowest BCUT2D eigenvalue weighted by Gasteiger charge is -2.12. The zero-order valence-corrected chi connectivity index (χ0v) is 15.8. The minimum absolute atomic E-state index is 0.273. The van der Waals surface area contributed by atoms with Gasteiger partial charge in [-0.15, -0.1) is 0 Å². The fourth-order valence-corrected chi connectivity index (χ4v) is 2.63. The second-order valence-electron chi connectivity index (χ2n) is 5.43. The Balaban J connectivity index is 2.13. The molecule has 1 amide bonds. The molecule has 122 valence electrons. The number of halogens is 3. The molecule has 23 heavy (non-hydrogen) atoms. The summed E-state index contributed by atoms with van der Waals surface area (Å²) in [6, 6.07) is 10.1. The van der Waals surface area contributed by atoms with Crippen LogP contribution in [0, 0.1) is 5.92 Å². The van der Waals surface area contributed by atoms with E-state index in [1.54, 1.807) is 36.4 Å². The van der Waals surface area contributed by atoms with Gasteiger partial charge in [0.1, 0.15) is 5.75 Å². The molecule has 2 aromatic rings. The molecule has 0 aliphatic carbocycles. The molecule has 3 nitrogen and oxygen atoms in total. The SMILES string of the molecule is CC(C)COc1ccc(C(=O)Nc2cc(Cl)ccc2Cl)cc1Br. The van der Waals surface area contributed by atoms with Gasteiger partial charge in [-0.3, -0.25) is 4.79 Å². The number of anilines is 1. The maximum Gasteiger partial charge on any atom is 0.255 e. The van der Waals surface area contributed by atoms with Gasteiger partial charge in [-0.1, -0.05) is 37.0 Å².